The number of nitrogens with zero attached hydrogens (tertiary/aromatic N) is 3. The van der Waals surface area contributed by atoms with Gasteiger partial charge in [0.1, 0.15) is 5.82 Å². The molecule has 35 heavy (non-hydrogen) atoms. The van der Waals surface area contributed by atoms with E-state index in [-0.39, 0.29) is 11.8 Å². The van der Waals surface area contributed by atoms with E-state index in [9.17, 15) is 9.18 Å². The summed E-state index contributed by atoms with van der Waals surface area (Å²) in [5, 5.41) is 15.4. The smallest absolute Gasteiger partial charge is 0.319 e. The van der Waals surface area contributed by atoms with Gasteiger partial charge in [-0.15, -0.1) is 10.2 Å². The molecule has 1 heterocycles. The Labute approximate surface area is 209 Å². The third-order valence-corrected chi connectivity index (χ3v) is 6.59. The van der Waals surface area contributed by atoms with E-state index in [1.165, 1.54) is 29.5 Å². The monoisotopic (exact) mass is 489 g/mol. The summed E-state index contributed by atoms with van der Waals surface area (Å²) in [6.07, 6.45) is 0.944. The third-order valence-electron chi connectivity index (χ3n) is 5.59. The average molecular weight is 490 g/mol. The lowest BCUT2D eigenvalue weighted by atomic mass is 10.1. The van der Waals surface area contributed by atoms with Crippen molar-refractivity contribution in [3.8, 4) is 5.69 Å². The van der Waals surface area contributed by atoms with Crippen molar-refractivity contribution in [2.24, 2.45) is 0 Å². The van der Waals surface area contributed by atoms with Crippen molar-refractivity contribution < 1.29 is 9.18 Å². The largest absolute Gasteiger partial charge is 0.328 e. The first kappa shape index (κ1) is 24.5. The zero-order valence-electron chi connectivity index (χ0n) is 20.0. The van der Waals surface area contributed by atoms with Gasteiger partial charge in [-0.2, -0.15) is 0 Å². The molecule has 1 aromatic heterocycles. The lowest BCUT2D eigenvalue weighted by Crippen LogP contribution is -2.32. The summed E-state index contributed by atoms with van der Waals surface area (Å²) in [5.74, 6) is 0.968. The molecule has 0 radical (unpaired) electrons. The van der Waals surface area contributed by atoms with E-state index < -0.39 is 6.04 Å². The molecule has 2 amide bonds. The minimum absolute atomic E-state index is 0.261. The number of carbonyl (C=O) groups is 1. The van der Waals surface area contributed by atoms with Crippen LogP contribution in [0.25, 0.3) is 5.69 Å². The molecule has 2 N–H and O–H groups in total. The fourth-order valence-electron chi connectivity index (χ4n) is 3.57. The van der Waals surface area contributed by atoms with Crippen LogP contribution in [0.4, 0.5) is 14.9 Å². The number of nitrogens with one attached hydrogen (secondary N) is 2. The molecule has 3 aromatic carbocycles. The van der Waals surface area contributed by atoms with E-state index in [2.05, 4.69) is 27.8 Å². The van der Waals surface area contributed by atoms with Crippen molar-refractivity contribution in [3.63, 3.8) is 0 Å². The molecule has 0 fully saturated rings. The Morgan fingerprint density at radius 1 is 0.971 bits per heavy atom. The number of urea groups is 1. The topological polar surface area (TPSA) is 71.8 Å². The van der Waals surface area contributed by atoms with E-state index >= 15 is 0 Å². The van der Waals surface area contributed by atoms with Gasteiger partial charge in [0.2, 0.25) is 0 Å². The van der Waals surface area contributed by atoms with Crippen molar-refractivity contribution in [2.45, 2.75) is 44.1 Å². The molecular weight excluding hydrogens is 461 g/mol. The summed E-state index contributed by atoms with van der Waals surface area (Å²) in [6.45, 7) is 6.00. The molecule has 4 rings (SSSR count). The van der Waals surface area contributed by atoms with E-state index in [0.717, 1.165) is 28.9 Å². The van der Waals surface area contributed by atoms with Crippen molar-refractivity contribution in [3.05, 3.63) is 101 Å². The second-order valence-electron chi connectivity index (χ2n) is 8.30. The van der Waals surface area contributed by atoms with Gasteiger partial charge in [0, 0.05) is 17.1 Å². The van der Waals surface area contributed by atoms with Gasteiger partial charge in [0.05, 0.1) is 6.04 Å². The third kappa shape index (κ3) is 6.27. The molecule has 1 atom stereocenters. The maximum absolute atomic E-state index is 13.3. The van der Waals surface area contributed by atoms with Crippen molar-refractivity contribution in [1.29, 1.82) is 0 Å². The quantitative estimate of drug-likeness (QED) is 0.279. The van der Waals surface area contributed by atoms with Crippen LogP contribution in [-0.2, 0) is 12.2 Å². The van der Waals surface area contributed by atoms with E-state index in [0.29, 0.717) is 16.7 Å². The van der Waals surface area contributed by atoms with Crippen LogP contribution in [0.2, 0.25) is 0 Å². The first-order valence-electron chi connectivity index (χ1n) is 11.5. The minimum Gasteiger partial charge on any atom is -0.328 e. The number of carbonyl (C=O) groups excluding carboxylic acids is 1. The molecule has 6 nitrogen and oxygen atoms in total. The van der Waals surface area contributed by atoms with Crippen LogP contribution in [0.15, 0.2) is 78.0 Å². The number of benzene rings is 3. The molecule has 0 aliphatic carbocycles. The molecule has 180 valence electrons. The Morgan fingerprint density at radius 3 is 2.29 bits per heavy atom. The van der Waals surface area contributed by atoms with Crippen LogP contribution in [0, 0.1) is 12.7 Å². The summed E-state index contributed by atoms with van der Waals surface area (Å²) >= 11 is 1.51. The SMILES string of the molecule is CCc1ccc(NC(=O)NC(C)c2nnc(SCc3ccc(F)cc3)n2-c2ccc(C)cc2)cc1. The van der Waals surface area contributed by atoms with Gasteiger partial charge in [-0.25, -0.2) is 9.18 Å². The standard InChI is InChI=1S/C27H28FN5OS/c1-4-20-9-13-23(14-10-20)30-26(34)29-19(3)25-31-32-27(33(25)24-15-5-18(2)6-16-24)35-17-21-7-11-22(28)12-8-21/h5-16,19H,4,17H2,1-3H3,(H2,29,30,34). The van der Waals surface area contributed by atoms with Gasteiger partial charge in [-0.05, 0) is 67.8 Å². The van der Waals surface area contributed by atoms with Gasteiger partial charge in [0.15, 0.2) is 11.0 Å². The summed E-state index contributed by atoms with van der Waals surface area (Å²) in [4.78, 5) is 12.7. The number of aromatic nitrogens is 3. The zero-order valence-corrected chi connectivity index (χ0v) is 20.8. The normalized spacial score (nSPS) is 11.8. The number of hydrogen-bond acceptors (Lipinski definition) is 4. The Kier molecular flexibility index (Phi) is 7.82. The zero-order chi connectivity index (χ0) is 24.8. The molecule has 0 aliphatic rings. The predicted molar refractivity (Wildman–Crippen MR) is 138 cm³/mol. The average Bonchev–Trinajstić information content (AvgIpc) is 3.29. The van der Waals surface area contributed by atoms with Crippen molar-refractivity contribution in [1.82, 2.24) is 20.1 Å². The predicted octanol–water partition coefficient (Wildman–Crippen LogP) is 6.45. The first-order chi connectivity index (χ1) is 16.9. The summed E-state index contributed by atoms with van der Waals surface area (Å²) < 4.78 is 15.2. The second kappa shape index (κ2) is 11.2. The number of hydrogen-bond donors (Lipinski definition) is 2. The van der Waals surface area contributed by atoms with Gasteiger partial charge in [-0.1, -0.05) is 60.6 Å². The minimum atomic E-state index is -0.404. The van der Waals surface area contributed by atoms with E-state index in [1.54, 1.807) is 12.1 Å². The number of thioether (sulfide) groups is 1. The molecule has 0 aliphatic heterocycles. The molecule has 0 bridgehead atoms. The summed E-state index contributed by atoms with van der Waals surface area (Å²) in [7, 11) is 0. The highest BCUT2D eigenvalue weighted by molar-refractivity contribution is 7.98. The van der Waals surface area contributed by atoms with Gasteiger partial charge in [0.25, 0.3) is 0 Å². The fourth-order valence-corrected chi connectivity index (χ4v) is 4.49. The van der Waals surface area contributed by atoms with Crippen LogP contribution in [0.5, 0.6) is 0 Å². The molecule has 8 heteroatoms. The van der Waals surface area contributed by atoms with Crippen LogP contribution in [0.3, 0.4) is 0 Å². The highest BCUT2D eigenvalue weighted by atomic mass is 32.2. The Hall–Kier alpha value is -3.65. The van der Waals surface area contributed by atoms with E-state index in [1.807, 2.05) is 66.9 Å². The lowest BCUT2D eigenvalue weighted by Gasteiger charge is -2.17. The summed E-state index contributed by atoms with van der Waals surface area (Å²) in [6, 6.07) is 21.5. The van der Waals surface area contributed by atoms with E-state index in [4.69, 9.17) is 0 Å². The highest BCUT2D eigenvalue weighted by Gasteiger charge is 2.21. The Bertz CT molecular complexity index is 1270. The maximum Gasteiger partial charge on any atom is 0.319 e. The van der Waals surface area contributed by atoms with Crippen LogP contribution in [0.1, 0.15) is 42.4 Å². The maximum atomic E-state index is 13.3. The van der Waals surface area contributed by atoms with Gasteiger partial charge in [-0.3, -0.25) is 4.57 Å². The van der Waals surface area contributed by atoms with Crippen LogP contribution < -0.4 is 10.6 Å². The molecule has 4 aromatic rings. The lowest BCUT2D eigenvalue weighted by molar-refractivity contribution is 0.249. The Morgan fingerprint density at radius 2 is 1.63 bits per heavy atom. The van der Waals surface area contributed by atoms with Crippen LogP contribution in [-0.4, -0.2) is 20.8 Å². The Balaban J connectivity index is 1.53. The highest BCUT2D eigenvalue weighted by Crippen LogP contribution is 2.28. The summed E-state index contributed by atoms with van der Waals surface area (Å²) in [5.41, 5.74) is 4.96. The molecule has 0 spiro atoms. The van der Waals surface area contributed by atoms with Gasteiger partial charge >= 0.3 is 6.03 Å². The number of amides is 2. The first-order valence-corrected chi connectivity index (χ1v) is 12.5. The van der Waals surface area contributed by atoms with Crippen molar-refractivity contribution >= 4 is 23.5 Å². The van der Waals surface area contributed by atoms with Crippen molar-refractivity contribution in [2.75, 3.05) is 5.32 Å². The second-order valence-corrected chi connectivity index (χ2v) is 9.24. The molecule has 0 saturated carbocycles. The number of rotatable bonds is 8. The number of anilines is 1. The van der Waals surface area contributed by atoms with Gasteiger partial charge < -0.3 is 10.6 Å². The number of halogens is 1. The fraction of sp³-hybridized carbons (Fsp3) is 0.222. The van der Waals surface area contributed by atoms with Crippen LogP contribution >= 0.6 is 11.8 Å². The molecule has 1 unspecified atom stereocenters. The molecular formula is C27H28FN5OS. The molecule has 0 saturated heterocycles. The number of aryl methyl sites for hydroxylation is 2.